The van der Waals surface area contributed by atoms with E-state index < -0.39 is 40.5 Å². The van der Waals surface area contributed by atoms with Crippen molar-refractivity contribution >= 4 is 33.7 Å². The van der Waals surface area contributed by atoms with Crippen LogP contribution in [0.2, 0.25) is 0 Å². The van der Waals surface area contributed by atoms with E-state index in [0.717, 1.165) is 6.07 Å². The Morgan fingerprint density at radius 2 is 1.90 bits per heavy atom. The predicted octanol–water partition coefficient (Wildman–Crippen LogP) is 3.77. The van der Waals surface area contributed by atoms with Crippen molar-refractivity contribution in [1.82, 2.24) is 0 Å². The van der Waals surface area contributed by atoms with E-state index in [1.54, 1.807) is 20.8 Å². The van der Waals surface area contributed by atoms with E-state index >= 15 is 0 Å². The van der Waals surface area contributed by atoms with Crippen LogP contribution in [0.5, 0.6) is 0 Å². The van der Waals surface area contributed by atoms with Gasteiger partial charge in [0, 0.05) is 4.47 Å². The van der Waals surface area contributed by atoms with Gasteiger partial charge in [-0.2, -0.15) is 0 Å². The van der Waals surface area contributed by atoms with Gasteiger partial charge in [-0.25, -0.2) is 18.4 Å². The van der Waals surface area contributed by atoms with Crippen LogP contribution < -0.4 is 5.32 Å². The van der Waals surface area contributed by atoms with Crippen molar-refractivity contribution in [2.45, 2.75) is 26.4 Å². The van der Waals surface area contributed by atoms with Gasteiger partial charge in [0.05, 0.1) is 5.69 Å². The lowest BCUT2D eigenvalue weighted by atomic mass is 10.1. The number of ether oxygens (including phenoxy) is 1. The van der Waals surface area contributed by atoms with Gasteiger partial charge in [0.1, 0.15) is 17.0 Å². The third-order valence-corrected chi connectivity index (χ3v) is 2.64. The molecule has 0 unspecified atom stereocenters. The molecule has 0 aliphatic heterocycles. The van der Waals surface area contributed by atoms with Gasteiger partial charge in [-0.3, -0.25) is 5.32 Å². The number of anilines is 1. The zero-order chi connectivity index (χ0) is 15.7. The van der Waals surface area contributed by atoms with Crippen molar-refractivity contribution in [3.8, 4) is 0 Å². The van der Waals surface area contributed by atoms with Crippen LogP contribution in [0.1, 0.15) is 31.1 Å². The van der Waals surface area contributed by atoms with Crippen LogP contribution in [0, 0.1) is 11.6 Å². The second kappa shape index (κ2) is 5.74. The Morgan fingerprint density at radius 3 is 2.35 bits per heavy atom. The molecule has 1 amide bonds. The van der Waals surface area contributed by atoms with Crippen LogP contribution >= 0.6 is 15.9 Å². The summed E-state index contributed by atoms with van der Waals surface area (Å²) in [7, 11) is 0. The van der Waals surface area contributed by atoms with E-state index in [1.165, 1.54) is 0 Å². The molecule has 110 valence electrons. The van der Waals surface area contributed by atoms with Gasteiger partial charge < -0.3 is 9.84 Å². The quantitative estimate of drug-likeness (QED) is 0.850. The maximum absolute atomic E-state index is 13.9. The van der Waals surface area contributed by atoms with E-state index in [4.69, 9.17) is 9.84 Å². The normalized spacial score (nSPS) is 11.1. The Hall–Kier alpha value is -1.70. The first kappa shape index (κ1) is 16.4. The molecule has 0 saturated heterocycles. The Kier molecular flexibility index (Phi) is 4.69. The average Bonchev–Trinajstić information content (AvgIpc) is 2.20. The minimum Gasteiger partial charge on any atom is -0.477 e. The van der Waals surface area contributed by atoms with E-state index in [9.17, 15) is 18.4 Å². The smallest absolute Gasteiger partial charge is 0.412 e. The molecule has 8 heteroatoms. The number of halogens is 3. The fourth-order valence-electron chi connectivity index (χ4n) is 1.31. The molecule has 0 radical (unpaired) electrons. The first-order chi connectivity index (χ1) is 9.03. The van der Waals surface area contributed by atoms with Crippen LogP contribution in [0.3, 0.4) is 0 Å². The molecule has 0 aliphatic carbocycles. The molecule has 0 spiro atoms. The second-order valence-corrected chi connectivity index (χ2v) is 5.69. The highest BCUT2D eigenvalue weighted by Gasteiger charge is 2.25. The minimum atomic E-state index is -1.78. The largest absolute Gasteiger partial charge is 0.477 e. The number of carboxylic acids is 1. The summed E-state index contributed by atoms with van der Waals surface area (Å²) in [5, 5.41) is 10.8. The summed E-state index contributed by atoms with van der Waals surface area (Å²) in [6.07, 6.45) is -0.986. The van der Waals surface area contributed by atoms with Gasteiger partial charge in [0.15, 0.2) is 5.82 Å². The zero-order valence-corrected chi connectivity index (χ0v) is 12.5. The number of aromatic carboxylic acids is 1. The highest BCUT2D eigenvalue weighted by atomic mass is 79.9. The summed E-state index contributed by atoms with van der Waals surface area (Å²) in [6, 6.07) is 0.749. The highest BCUT2D eigenvalue weighted by Crippen LogP contribution is 2.30. The van der Waals surface area contributed by atoms with Crippen molar-refractivity contribution in [2.75, 3.05) is 5.32 Å². The van der Waals surface area contributed by atoms with Crippen molar-refractivity contribution < 1.29 is 28.2 Å². The Bertz CT molecular complexity index is 570. The number of nitrogens with one attached hydrogen (secondary N) is 1. The summed E-state index contributed by atoms with van der Waals surface area (Å²) < 4.78 is 32.0. The van der Waals surface area contributed by atoms with Gasteiger partial charge in [-0.05, 0) is 42.8 Å². The molecule has 1 aromatic rings. The number of carbonyl (C=O) groups excluding carboxylic acids is 1. The molecule has 0 heterocycles. The SMILES string of the molecule is CC(C)(C)OC(=O)Nc1c(Br)cc(F)c(C(=O)O)c1F. The van der Waals surface area contributed by atoms with E-state index in [1.807, 2.05) is 5.32 Å². The molecule has 1 rings (SSSR count). The Balaban J connectivity index is 3.16. The maximum Gasteiger partial charge on any atom is 0.412 e. The molecule has 0 aromatic heterocycles. The summed E-state index contributed by atoms with van der Waals surface area (Å²) in [4.78, 5) is 22.3. The number of hydrogen-bond acceptors (Lipinski definition) is 3. The molecule has 2 N–H and O–H groups in total. The third kappa shape index (κ3) is 3.89. The standard InChI is InChI=1S/C12H12BrF2NO4/c1-12(2,3)20-11(19)16-9-5(13)4-6(14)7(8(9)15)10(17)18/h4H,1-3H3,(H,16,19)(H,17,18). The molecular weight excluding hydrogens is 340 g/mol. The van der Waals surface area contributed by atoms with Gasteiger partial charge in [0.2, 0.25) is 0 Å². The van der Waals surface area contributed by atoms with Crippen LogP contribution in [0.4, 0.5) is 19.3 Å². The molecule has 0 atom stereocenters. The minimum absolute atomic E-state index is 0.136. The van der Waals surface area contributed by atoms with Crippen molar-refractivity contribution in [3.63, 3.8) is 0 Å². The Morgan fingerprint density at radius 1 is 1.35 bits per heavy atom. The number of carboxylic acid groups (broad SMARTS) is 1. The zero-order valence-electron chi connectivity index (χ0n) is 10.9. The Labute approximate surface area is 122 Å². The van der Waals surface area contributed by atoms with E-state index in [0.29, 0.717) is 0 Å². The first-order valence-electron chi connectivity index (χ1n) is 5.43. The molecule has 20 heavy (non-hydrogen) atoms. The monoisotopic (exact) mass is 351 g/mol. The molecule has 0 saturated carbocycles. The lowest BCUT2D eigenvalue weighted by Gasteiger charge is -2.20. The van der Waals surface area contributed by atoms with E-state index in [-0.39, 0.29) is 4.47 Å². The number of rotatable bonds is 2. The summed E-state index contributed by atoms with van der Waals surface area (Å²) in [5.74, 6) is -4.42. The maximum atomic E-state index is 13.9. The molecule has 1 aromatic carbocycles. The molecular formula is C12H12BrF2NO4. The van der Waals surface area contributed by atoms with E-state index in [2.05, 4.69) is 15.9 Å². The molecule has 5 nitrogen and oxygen atoms in total. The predicted molar refractivity (Wildman–Crippen MR) is 70.9 cm³/mol. The van der Waals surface area contributed by atoms with Gasteiger partial charge in [0.25, 0.3) is 0 Å². The number of benzene rings is 1. The van der Waals surface area contributed by atoms with Gasteiger partial charge >= 0.3 is 12.1 Å². The summed E-state index contributed by atoms with van der Waals surface area (Å²) >= 11 is 2.85. The van der Waals surface area contributed by atoms with Crippen molar-refractivity contribution in [2.24, 2.45) is 0 Å². The lowest BCUT2D eigenvalue weighted by molar-refractivity contribution is 0.0630. The molecule has 0 aliphatic rings. The van der Waals surface area contributed by atoms with Crippen LogP contribution in [-0.2, 0) is 4.74 Å². The van der Waals surface area contributed by atoms with Crippen LogP contribution in [0.25, 0.3) is 0 Å². The third-order valence-electron chi connectivity index (χ3n) is 2.01. The molecule has 0 fully saturated rings. The highest BCUT2D eigenvalue weighted by molar-refractivity contribution is 9.10. The van der Waals surface area contributed by atoms with Crippen molar-refractivity contribution in [1.29, 1.82) is 0 Å². The summed E-state index contributed by atoms with van der Waals surface area (Å²) in [5.41, 5.74) is -2.47. The van der Waals surface area contributed by atoms with Crippen LogP contribution in [0.15, 0.2) is 10.5 Å². The molecule has 0 bridgehead atoms. The van der Waals surface area contributed by atoms with Crippen molar-refractivity contribution in [3.05, 3.63) is 27.7 Å². The second-order valence-electron chi connectivity index (χ2n) is 4.84. The lowest BCUT2D eigenvalue weighted by Crippen LogP contribution is -2.28. The van der Waals surface area contributed by atoms with Gasteiger partial charge in [-0.1, -0.05) is 0 Å². The van der Waals surface area contributed by atoms with Crippen LogP contribution in [-0.4, -0.2) is 22.8 Å². The number of hydrogen-bond donors (Lipinski definition) is 2. The fraction of sp³-hybridized carbons (Fsp3) is 0.333. The topological polar surface area (TPSA) is 75.6 Å². The first-order valence-corrected chi connectivity index (χ1v) is 6.23. The summed E-state index contributed by atoms with van der Waals surface area (Å²) in [6.45, 7) is 4.81. The average molecular weight is 352 g/mol. The fourth-order valence-corrected chi connectivity index (χ4v) is 1.78. The van der Waals surface area contributed by atoms with Gasteiger partial charge in [-0.15, -0.1) is 0 Å². The number of amides is 1. The number of carbonyl (C=O) groups is 2.